The van der Waals surface area contributed by atoms with Crippen LogP contribution in [-0.4, -0.2) is 5.11 Å². The standard InChI is InChI=1S/C13H8O3/c14-10-3-1-5-12-8(10)7-9-11(15)4-2-6-13(9)16-12/h1-7,14H. The summed E-state index contributed by atoms with van der Waals surface area (Å²) in [6.45, 7) is 0. The van der Waals surface area contributed by atoms with Crippen molar-refractivity contribution < 1.29 is 9.52 Å². The Balaban J connectivity index is 2.56. The Bertz CT molecular complexity index is 697. The van der Waals surface area contributed by atoms with Crippen LogP contribution >= 0.6 is 0 Å². The van der Waals surface area contributed by atoms with Gasteiger partial charge in [-0.3, -0.25) is 4.79 Å². The Labute approximate surface area is 90.9 Å². The molecule has 1 aromatic carbocycles. The lowest BCUT2D eigenvalue weighted by Crippen LogP contribution is -2.02. The van der Waals surface area contributed by atoms with E-state index in [9.17, 15) is 9.90 Å². The van der Waals surface area contributed by atoms with Crippen molar-refractivity contribution in [1.82, 2.24) is 0 Å². The van der Waals surface area contributed by atoms with Crippen LogP contribution in [0.1, 0.15) is 0 Å². The minimum atomic E-state index is -0.105. The van der Waals surface area contributed by atoms with Crippen molar-refractivity contribution in [2.45, 2.75) is 0 Å². The van der Waals surface area contributed by atoms with Gasteiger partial charge < -0.3 is 9.52 Å². The first-order chi connectivity index (χ1) is 7.75. The van der Waals surface area contributed by atoms with E-state index in [2.05, 4.69) is 0 Å². The molecule has 0 atom stereocenters. The van der Waals surface area contributed by atoms with Crippen LogP contribution in [0.2, 0.25) is 0 Å². The van der Waals surface area contributed by atoms with Crippen molar-refractivity contribution in [3.63, 3.8) is 0 Å². The van der Waals surface area contributed by atoms with Crippen LogP contribution in [0, 0.1) is 0 Å². The van der Waals surface area contributed by atoms with E-state index in [1.165, 1.54) is 6.07 Å². The molecule has 1 aromatic rings. The van der Waals surface area contributed by atoms with Crippen molar-refractivity contribution in [2.24, 2.45) is 0 Å². The summed E-state index contributed by atoms with van der Waals surface area (Å²) in [4.78, 5) is 11.6. The third-order valence-corrected chi connectivity index (χ3v) is 2.58. The van der Waals surface area contributed by atoms with Gasteiger partial charge in [0.05, 0.1) is 10.9 Å². The smallest absolute Gasteiger partial charge is 0.189 e. The maximum Gasteiger partial charge on any atom is 0.189 e. The molecule has 1 aliphatic carbocycles. The maximum absolute atomic E-state index is 11.6. The molecule has 0 bridgehead atoms. The van der Waals surface area contributed by atoms with Crippen LogP contribution in [0.4, 0.5) is 0 Å². The van der Waals surface area contributed by atoms with Crippen LogP contribution in [0.5, 0.6) is 5.75 Å². The first-order valence-corrected chi connectivity index (χ1v) is 4.90. The van der Waals surface area contributed by atoms with Crippen LogP contribution in [-0.2, 0) is 0 Å². The normalized spacial score (nSPS) is 11.0. The Morgan fingerprint density at radius 2 is 1.88 bits per heavy atom. The predicted molar refractivity (Wildman–Crippen MR) is 60.8 cm³/mol. The molecule has 2 aliphatic rings. The van der Waals surface area contributed by atoms with E-state index in [-0.39, 0.29) is 11.2 Å². The average Bonchev–Trinajstić information content (AvgIpc) is 2.28. The zero-order valence-corrected chi connectivity index (χ0v) is 8.31. The molecular weight excluding hydrogens is 204 g/mol. The molecule has 1 heterocycles. The number of hydrogen-bond donors (Lipinski definition) is 1. The lowest BCUT2D eigenvalue weighted by Gasteiger charge is -2.06. The molecule has 3 heteroatoms. The zero-order chi connectivity index (χ0) is 11.1. The van der Waals surface area contributed by atoms with Gasteiger partial charge in [0, 0.05) is 0 Å². The summed E-state index contributed by atoms with van der Waals surface area (Å²) in [5, 5.41) is 10.2. The Morgan fingerprint density at radius 1 is 1.06 bits per heavy atom. The highest BCUT2D eigenvalue weighted by atomic mass is 16.3. The first-order valence-electron chi connectivity index (χ1n) is 4.90. The molecule has 1 N–H and O–H groups in total. The van der Waals surface area contributed by atoms with Gasteiger partial charge in [-0.05, 0) is 30.3 Å². The van der Waals surface area contributed by atoms with E-state index in [4.69, 9.17) is 4.42 Å². The van der Waals surface area contributed by atoms with Crippen LogP contribution in [0.25, 0.3) is 22.3 Å². The Morgan fingerprint density at radius 3 is 2.75 bits per heavy atom. The average molecular weight is 212 g/mol. The second kappa shape index (κ2) is 3.10. The van der Waals surface area contributed by atoms with Gasteiger partial charge in [-0.15, -0.1) is 0 Å². The van der Waals surface area contributed by atoms with Gasteiger partial charge in [0.25, 0.3) is 0 Å². The fourth-order valence-electron chi connectivity index (χ4n) is 1.78. The van der Waals surface area contributed by atoms with E-state index < -0.39 is 0 Å². The molecule has 3 rings (SSSR count). The molecule has 3 nitrogen and oxygen atoms in total. The number of benzene rings is 2. The van der Waals surface area contributed by atoms with Crippen molar-refractivity contribution in [3.8, 4) is 17.1 Å². The third-order valence-electron chi connectivity index (χ3n) is 2.58. The highest BCUT2D eigenvalue weighted by molar-refractivity contribution is 5.87. The maximum atomic E-state index is 11.6. The van der Waals surface area contributed by atoms with Crippen molar-refractivity contribution in [3.05, 3.63) is 52.7 Å². The van der Waals surface area contributed by atoms with Crippen molar-refractivity contribution >= 4 is 11.0 Å². The minimum Gasteiger partial charge on any atom is -0.507 e. The number of fused-ring (bicyclic) bond motifs is 2. The summed E-state index contributed by atoms with van der Waals surface area (Å²) in [5.41, 5.74) is 0.945. The quantitative estimate of drug-likeness (QED) is 0.583. The zero-order valence-electron chi connectivity index (χ0n) is 8.31. The second-order valence-electron chi connectivity index (χ2n) is 3.60. The summed E-state index contributed by atoms with van der Waals surface area (Å²) in [6.07, 6.45) is 0. The van der Waals surface area contributed by atoms with Crippen LogP contribution in [0.15, 0.2) is 51.7 Å². The fourth-order valence-corrected chi connectivity index (χ4v) is 1.78. The van der Waals surface area contributed by atoms with Crippen molar-refractivity contribution in [1.29, 1.82) is 0 Å². The molecule has 0 fully saturated rings. The number of aromatic hydroxyl groups is 1. The number of rotatable bonds is 0. The highest BCUT2D eigenvalue weighted by Crippen LogP contribution is 2.30. The second-order valence-corrected chi connectivity index (χ2v) is 3.60. The highest BCUT2D eigenvalue weighted by Gasteiger charge is 2.11. The summed E-state index contributed by atoms with van der Waals surface area (Å²) in [6, 6.07) is 11.6. The number of phenolic OH excluding ortho intramolecular Hbond substituents is 1. The summed E-state index contributed by atoms with van der Waals surface area (Å²) in [7, 11) is 0. The Hall–Kier alpha value is -2.29. The van der Waals surface area contributed by atoms with Crippen molar-refractivity contribution in [2.75, 3.05) is 0 Å². The van der Waals surface area contributed by atoms with Gasteiger partial charge in [-0.1, -0.05) is 12.1 Å². The molecule has 0 amide bonds. The van der Waals surface area contributed by atoms with Crippen LogP contribution in [0.3, 0.4) is 0 Å². The molecule has 78 valence electrons. The number of phenols is 1. The van der Waals surface area contributed by atoms with Gasteiger partial charge in [0.1, 0.15) is 17.1 Å². The fraction of sp³-hybridized carbons (Fsp3) is 0. The van der Waals surface area contributed by atoms with Gasteiger partial charge >= 0.3 is 0 Å². The van der Waals surface area contributed by atoms with E-state index in [1.54, 1.807) is 36.4 Å². The largest absolute Gasteiger partial charge is 0.507 e. The molecule has 0 aromatic heterocycles. The molecule has 16 heavy (non-hydrogen) atoms. The third kappa shape index (κ3) is 1.18. The molecule has 0 radical (unpaired) electrons. The van der Waals surface area contributed by atoms with Gasteiger partial charge in [0.15, 0.2) is 5.43 Å². The predicted octanol–water partition coefficient (Wildman–Crippen LogP) is 2.60. The Kier molecular flexibility index (Phi) is 1.74. The van der Waals surface area contributed by atoms with Gasteiger partial charge in [0.2, 0.25) is 0 Å². The van der Waals surface area contributed by atoms with E-state index >= 15 is 0 Å². The van der Waals surface area contributed by atoms with E-state index in [1.807, 2.05) is 0 Å². The van der Waals surface area contributed by atoms with Crippen LogP contribution < -0.4 is 5.43 Å². The summed E-state index contributed by atoms with van der Waals surface area (Å²) >= 11 is 0. The molecule has 0 saturated heterocycles. The first kappa shape index (κ1) is 8.97. The number of hydrogen-bond acceptors (Lipinski definition) is 3. The molecular formula is C13H8O3. The van der Waals surface area contributed by atoms with Gasteiger partial charge in [-0.25, -0.2) is 0 Å². The molecule has 0 unspecified atom stereocenters. The monoisotopic (exact) mass is 212 g/mol. The van der Waals surface area contributed by atoms with Gasteiger partial charge in [-0.2, -0.15) is 0 Å². The summed E-state index contributed by atoms with van der Waals surface area (Å²) < 4.78 is 5.55. The molecule has 1 aliphatic heterocycles. The lowest BCUT2D eigenvalue weighted by atomic mass is 10.1. The lowest BCUT2D eigenvalue weighted by molar-refractivity contribution is 0.480. The summed E-state index contributed by atoms with van der Waals surface area (Å²) in [5.74, 6) is 0.650. The SMILES string of the molecule is O=c1cccc2oc3cccc(O)c3cc1-2. The molecule has 0 saturated carbocycles. The topological polar surface area (TPSA) is 50.4 Å². The van der Waals surface area contributed by atoms with E-state index in [0.717, 1.165) is 0 Å². The van der Waals surface area contributed by atoms with E-state index in [0.29, 0.717) is 22.3 Å². The minimum absolute atomic E-state index is 0.105. The molecule has 0 spiro atoms.